The Balaban J connectivity index is 1.96. The topological polar surface area (TPSA) is 55.7 Å². The molecular formula is C25H19FINO3. The number of methoxy groups -OCH3 is 1. The van der Waals surface area contributed by atoms with Crippen LogP contribution in [0.25, 0.3) is 3.58 Å². The number of ketones is 1. The summed E-state index contributed by atoms with van der Waals surface area (Å²) in [6.45, 7) is 0. The second kappa shape index (κ2) is 10.8. The van der Waals surface area contributed by atoms with E-state index < -0.39 is 5.97 Å². The zero-order valence-electron chi connectivity index (χ0n) is 16.7. The van der Waals surface area contributed by atoms with Gasteiger partial charge in [-0.25, -0.2) is 14.2 Å². The van der Waals surface area contributed by atoms with Gasteiger partial charge in [-0.05, 0) is 40.8 Å². The highest BCUT2D eigenvalue weighted by atomic mass is 127. The van der Waals surface area contributed by atoms with E-state index in [2.05, 4.69) is 4.99 Å². The summed E-state index contributed by atoms with van der Waals surface area (Å²) in [5, 5.41) is 0. The average molecular weight is 527 g/mol. The van der Waals surface area contributed by atoms with Crippen LogP contribution in [0.15, 0.2) is 89.9 Å². The number of rotatable bonds is 7. The first-order valence-corrected chi connectivity index (χ1v) is 10.5. The van der Waals surface area contributed by atoms with Gasteiger partial charge in [0, 0.05) is 26.7 Å². The summed E-state index contributed by atoms with van der Waals surface area (Å²) in [4.78, 5) is 29.7. The van der Waals surface area contributed by atoms with Crippen LogP contribution in [0, 0.1) is 5.82 Å². The number of allylic oxidation sites excluding steroid dienone is 1. The number of nitrogens with zero attached hydrogens (tertiary/aromatic N) is 1. The van der Waals surface area contributed by atoms with Gasteiger partial charge < -0.3 is 4.74 Å². The molecule has 3 aromatic carbocycles. The normalized spacial score (nSPS) is 11.8. The Morgan fingerprint density at radius 2 is 1.55 bits per heavy atom. The molecule has 0 aliphatic rings. The van der Waals surface area contributed by atoms with Crippen LogP contribution in [0.4, 0.5) is 10.1 Å². The zero-order chi connectivity index (χ0) is 22.2. The number of ether oxygens (including phenoxy) is 1. The van der Waals surface area contributed by atoms with Crippen molar-refractivity contribution in [2.45, 2.75) is 6.42 Å². The van der Waals surface area contributed by atoms with Crippen LogP contribution in [0.1, 0.15) is 27.9 Å². The van der Waals surface area contributed by atoms with Crippen molar-refractivity contribution in [1.82, 2.24) is 0 Å². The molecule has 0 bridgehead atoms. The van der Waals surface area contributed by atoms with Gasteiger partial charge in [0.05, 0.1) is 12.8 Å². The molecule has 0 amide bonds. The van der Waals surface area contributed by atoms with Crippen molar-refractivity contribution in [2.75, 3.05) is 7.11 Å². The minimum absolute atomic E-state index is 0.112. The molecule has 0 unspecified atom stereocenters. The van der Waals surface area contributed by atoms with Crippen molar-refractivity contribution in [2.24, 2.45) is 4.99 Å². The van der Waals surface area contributed by atoms with Crippen LogP contribution in [0.3, 0.4) is 0 Å². The number of hydrogen-bond acceptors (Lipinski definition) is 4. The molecule has 0 saturated carbocycles. The third-order valence-electron chi connectivity index (χ3n) is 4.47. The fraction of sp³-hybridized carbons (Fsp3) is 0.0800. The van der Waals surface area contributed by atoms with Gasteiger partial charge in [0.15, 0.2) is 5.78 Å². The Kier molecular flexibility index (Phi) is 7.83. The number of carbonyl (C=O) groups excluding carboxylic acids is 2. The van der Waals surface area contributed by atoms with Crippen LogP contribution in [0.5, 0.6) is 0 Å². The Labute approximate surface area is 193 Å². The number of carbonyl (C=O) groups is 2. The van der Waals surface area contributed by atoms with Gasteiger partial charge >= 0.3 is 5.97 Å². The monoisotopic (exact) mass is 527 g/mol. The largest absolute Gasteiger partial charge is 0.465 e. The summed E-state index contributed by atoms with van der Waals surface area (Å²) in [6.07, 6.45) is 1.82. The molecular weight excluding hydrogens is 508 g/mol. The Morgan fingerprint density at radius 1 is 0.935 bits per heavy atom. The minimum Gasteiger partial charge on any atom is -0.465 e. The molecule has 3 rings (SSSR count). The lowest BCUT2D eigenvalue weighted by atomic mass is 10.0. The highest BCUT2D eigenvalue weighted by molar-refractivity contribution is 14.1. The molecule has 156 valence electrons. The summed E-state index contributed by atoms with van der Waals surface area (Å²) in [7, 11) is 1.27. The molecule has 0 spiro atoms. The molecule has 0 N–H and O–H groups in total. The number of esters is 1. The molecule has 0 fully saturated rings. The van der Waals surface area contributed by atoms with Gasteiger partial charge in [0.1, 0.15) is 11.5 Å². The van der Waals surface area contributed by atoms with Crippen LogP contribution in [-0.2, 0) is 9.53 Å². The summed E-state index contributed by atoms with van der Waals surface area (Å²) >= 11 is 2.02. The van der Waals surface area contributed by atoms with Crippen molar-refractivity contribution in [3.05, 3.63) is 107 Å². The maximum absolute atomic E-state index is 14.0. The standard InChI is InChI=1S/C25H19FINO3/c1-31-25(30)23(16-15-21(27)18-11-5-7-13-20(18)26)28-22-14-8-6-12-19(22)24(29)17-9-3-2-4-10-17/h2-15H,16H2,1H3/b21-15-,28-23?. The first kappa shape index (κ1) is 22.6. The average Bonchev–Trinajstić information content (AvgIpc) is 2.81. The van der Waals surface area contributed by atoms with E-state index in [-0.39, 0.29) is 23.7 Å². The summed E-state index contributed by atoms with van der Waals surface area (Å²) < 4.78 is 19.5. The Bertz CT molecular complexity index is 1160. The fourth-order valence-electron chi connectivity index (χ4n) is 2.90. The van der Waals surface area contributed by atoms with E-state index in [1.165, 1.54) is 13.2 Å². The Hall–Kier alpha value is -3.13. The summed E-state index contributed by atoms with van der Waals surface area (Å²) in [5.41, 5.74) is 1.82. The van der Waals surface area contributed by atoms with Crippen molar-refractivity contribution < 1.29 is 18.7 Å². The maximum atomic E-state index is 14.0. The predicted molar refractivity (Wildman–Crippen MR) is 128 cm³/mol. The van der Waals surface area contributed by atoms with Gasteiger partial charge in [0.25, 0.3) is 0 Å². The lowest BCUT2D eigenvalue weighted by Crippen LogP contribution is -2.15. The van der Waals surface area contributed by atoms with E-state index in [0.717, 1.165) is 0 Å². The fourth-order valence-corrected chi connectivity index (χ4v) is 3.55. The molecule has 0 aliphatic carbocycles. The van der Waals surface area contributed by atoms with Crippen LogP contribution < -0.4 is 0 Å². The second-order valence-corrected chi connectivity index (χ2v) is 7.66. The van der Waals surface area contributed by atoms with E-state index in [0.29, 0.717) is 26.0 Å². The van der Waals surface area contributed by atoms with Crippen LogP contribution in [0.2, 0.25) is 0 Å². The van der Waals surface area contributed by atoms with E-state index in [9.17, 15) is 14.0 Å². The number of benzene rings is 3. The third kappa shape index (κ3) is 5.73. The Morgan fingerprint density at radius 3 is 2.23 bits per heavy atom. The molecule has 0 radical (unpaired) electrons. The SMILES string of the molecule is COC(=O)C(C/C=C(\I)c1ccccc1F)=Nc1ccccc1C(=O)c1ccccc1. The number of halogens is 2. The summed E-state index contributed by atoms with van der Waals surface area (Å²) in [5.74, 6) is -1.16. The van der Waals surface area contributed by atoms with Crippen molar-refractivity contribution in [3.8, 4) is 0 Å². The van der Waals surface area contributed by atoms with Gasteiger partial charge in [-0.2, -0.15) is 0 Å². The van der Waals surface area contributed by atoms with Crippen molar-refractivity contribution >= 4 is 49.3 Å². The lowest BCUT2D eigenvalue weighted by Gasteiger charge is -2.08. The van der Waals surface area contributed by atoms with E-state index >= 15 is 0 Å². The molecule has 3 aromatic rings. The van der Waals surface area contributed by atoms with Gasteiger partial charge in [-0.3, -0.25) is 4.79 Å². The van der Waals surface area contributed by atoms with Crippen LogP contribution in [-0.4, -0.2) is 24.6 Å². The molecule has 0 aliphatic heterocycles. The maximum Gasteiger partial charge on any atom is 0.352 e. The van der Waals surface area contributed by atoms with Crippen molar-refractivity contribution in [1.29, 1.82) is 0 Å². The first-order valence-electron chi connectivity index (χ1n) is 9.46. The lowest BCUT2D eigenvalue weighted by molar-refractivity contribution is -0.132. The number of aliphatic imine (C=N–C) groups is 1. The highest BCUT2D eigenvalue weighted by Crippen LogP contribution is 2.26. The minimum atomic E-state index is -0.615. The summed E-state index contributed by atoms with van der Waals surface area (Å²) in [6, 6.07) is 22.1. The van der Waals surface area contributed by atoms with Gasteiger partial charge in [-0.15, -0.1) is 0 Å². The second-order valence-electron chi connectivity index (χ2n) is 6.50. The molecule has 0 atom stereocenters. The molecule has 31 heavy (non-hydrogen) atoms. The number of hydrogen-bond donors (Lipinski definition) is 0. The van der Waals surface area contributed by atoms with E-state index in [1.54, 1.807) is 72.8 Å². The van der Waals surface area contributed by atoms with E-state index in [4.69, 9.17) is 4.74 Å². The zero-order valence-corrected chi connectivity index (χ0v) is 18.9. The quantitative estimate of drug-likeness (QED) is 0.160. The van der Waals surface area contributed by atoms with Crippen LogP contribution >= 0.6 is 22.6 Å². The van der Waals surface area contributed by atoms with Gasteiger partial charge in [0.2, 0.25) is 0 Å². The molecule has 0 heterocycles. The third-order valence-corrected chi connectivity index (χ3v) is 5.49. The highest BCUT2D eigenvalue weighted by Gasteiger charge is 2.16. The number of para-hydroxylation sites is 1. The predicted octanol–water partition coefficient (Wildman–Crippen LogP) is 6.17. The molecule has 0 saturated heterocycles. The molecule has 0 aromatic heterocycles. The molecule has 6 heteroatoms. The first-order chi connectivity index (χ1) is 15.0. The molecule has 4 nitrogen and oxygen atoms in total. The van der Waals surface area contributed by atoms with Crippen molar-refractivity contribution in [3.63, 3.8) is 0 Å². The van der Waals surface area contributed by atoms with E-state index in [1.807, 2.05) is 28.7 Å². The smallest absolute Gasteiger partial charge is 0.352 e. The van der Waals surface area contributed by atoms with Gasteiger partial charge in [-0.1, -0.05) is 66.7 Å².